The summed E-state index contributed by atoms with van der Waals surface area (Å²) in [6, 6.07) is 3.51. The average molecular weight is 337 g/mol. The molecule has 1 N–H and O–H groups in total. The van der Waals surface area contributed by atoms with Crippen molar-refractivity contribution < 1.29 is 14.3 Å². The minimum absolute atomic E-state index is 0. The van der Waals surface area contributed by atoms with Gasteiger partial charge in [0.15, 0.2) is 11.4 Å². The highest BCUT2D eigenvalue weighted by Gasteiger charge is 2.30. The van der Waals surface area contributed by atoms with Crippen molar-refractivity contribution in [2.45, 2.75) is 20.3 Å². The lowest BCUT2D eigenvalue weighted by Gasteiger charge is -2.23. The molecule has 0 aliphatic carbocycles. The van der Waals surface area contributed by atoms with E-state index in [4.69, 9.17) is 9.47 Å². The summed E-state index contributed by atoms with van der Waals surface area (Å²) in [5, 5.41) is 3.32. The summed E-state index contributed by atoms with van der Waals surface area (Å²) in [6.45, 7) is 6.79. The van der Waals surface area contributed by atoms with Crippen molar-refractivity contribution in [1.82, 2.24) is 10.3 Å². The Balaban J connectivity index is 0.00000200. The molecule has 7 heteroatoms. The molecule has 1 atom stereocenters. The second-order valence-corrected chi connectivity index (χ2v) is 5.10. The predicted octanol–water partition coefficient (Wildman–Crippen LogP) is 2.48. The van der Waals surface area contributed by atoms with E-state index in [1.165, 1.54) is 0 Å². The van der Waals surface area contributed by atoms with E-state index in [2.05, 4.69) is 17.2 Å². The second-order valence-electron chi connectivity index (χ2n) is 5.10. The Hall–Kier alpha value is -1.04. The SMILES string of the molecule is CCOC(=O)c1ncccc1OCC1(C)CCNC1.Cl.Cl. The molecule has 0 saturated carbocycles. The molecule has 0 aromatic carbocycles. The van der Waals surface area contributed by atoms with Crippen molar-refractivity contribution >= 4 is 30.8 Å². The van der Waals surface area contributed by atoms with Crippen LogP contribution in [0, 0.1) is 5.41 Å². The molecule has 1 aliphatic rings. The maximum absolute atomic E-state index is 11.8. The molecule has 0 bridgehead atoms. The number of hydrogen-bond donors (Lipinski definition) is 1. The van der Waals surface area contributed by atoms with Crippen LogP contribution in [0.4, 0.5) is 0 Å². The number of esters is 1. The lowest BCUT2D eigenvalue weighted by molar-refractivity contribution is 0.0511. The maximum Gasteiger partial charge on any atom is 0.360 e. The van der Waals surface area contributed by atoms with Crippen LogP contribution in [0.2, 0.25) is 0 Å². The van der Waals surface area contributed by atoms with Gasteiger partial charge in [0, 0.05) is 18.2 Å². The zero-order valence-electron chi connectivity index (χ0n) is 12.3. The monoisotopic (exact) mass is 336 g/mol. The third-order valence-electron chi connectivity index (χ3n) is 3.27. The average Bonchev–Trinajstić information content (AvgIpc) is 2.84. The van der Waals surface area contributed by atoms with Gasteiger partial charge in [-0.15, -0.1) is 24.8 Å². The van der Waals surface area contributed by atoms with Gasteiger partial charge in [-0.1, -0.05) is 6.92 Å². The lowest BCUT2D eigenvalue weighted by atomic mass is 9.91. The summed E-state index contributed by atoms with van der Waals surface area (Å²) < 4.78 is 10.8. The third kappa shape index (κ3) is 5.34. The van der Waals surface area contributed by atoms with Crippen LogP contribution in [0.1, 0.15) is 30.8 Å². The Morgan fingerprint density at radius 2 is 2.24 bits per heavy atom. The summed E-state index contributed by atoms with van der Waals surface area (Å²) in [5.74, 6) is 0.0573. The number of halogens is 2. The fraction of sp³-hybridized carbons (Fsp3) is 0.571. The number of ether oxygens (including phenoxy) is 2. The van der Waals surface area contributed by atoms with Gasteiger partial charge in [-0.3, -0.25) is 0 Å². The first kappa shape index (κ1) is 20.0. The van der Waals surface area contributed by atoms with Crippen molar-refractivity contribution in [2.75, 3.05) is 26.3 Å². The number of carbonyl (C=O) groups is 1. The zero-order valence-corrected chi connectivity index (χ0v) is 13.9. The van der Waals surface area contributed by atoms with Gasteiger partial charge in [-0.05, 0) is 32.0 Å². The molecule has 5 nitrogen and oxygen atoms in total. The van der Waals surface area contributed by atoms with Gasteiger partial charge in [0.2, 0.25) is 0 Å². The van der Waals surface area contributed by atoms with E-state index in [9.17, 15) is 4.79 Å². The van der Waals surface area contributed by atoms with Crippen molar-refractivity contribution in [2.24, 2.45) is 5.41 Å². The Bertz CT molecular complexity index is 452. The van der Waals surface area contributed by atoms with Crippen LogP contribution in [0.15, 0.2) is 18.3 Å². The van der Waals surface area contributed by atoms with Crippen LogP contribution in [0.5, 0.6) is 5.75 Å². The number of aromatic nitrogens is 1. The smallest absolute Gasteiger partial charge is 0.360 e. The number of nitrogens with one attached hydrogen (secondary N) is 1. The number of rotatable bonds is 5. The van der Waals surface area contributed by atoms with Crippen LogP contribution in [-0.2, 0) is 4.74 Å². The van der Waals surface area contributed by atoms with Gasteiger partial charge >= 0.3 is 5.97 Å². The Labute approximate surface area is 137 Å². The molecule has 1 fully saturated rings. The molecule has 21 heavy (non-hydrogen) atoms. The normalized spacial score (nSPS) is 20.1. The molecule has 0 amide bonds. The molecule has 2 heterocycles. The van der Waals surface area contributed by atoms with Crippen LogP contribution >= 0.6 is 24.8 Å². The quantitative estimate of drug-likeness (QED) is 0.837. The minimum atomic E-state index is -0.437. The van der Waals surface area contributed by atoms with Gasteiger partial charge in [0.1, 0.15) is 0 Å². The zero-order chi connectivity index (χ0) is 13.7. The first-order valence-electron chi connectivity index (χ1n) is 6.60. The summed E-state index contributed by atoms with van der Waals surface area (Å²) in [4.78, 5) is 15.8. The maximum atomic E-state index is 11.8. The Morgan fingerprint density at radius 1 is 1.48 bits per heavy atom. The van der Waals surface area contributed by atoms with Crippen LogP contribution in [-0.4, -0.2) is 37.3 Å². The summed E-state index contributed by atoms with van der Waals surface area (Å²) in [7, 11) is 0. The fourth-order valence-corrected chi connectivity index (χ4v) is 2.10. The summed E-state index contributed by atoms with van der Waals surface area (Å²) >= 11 is 0. The number of hydrogen-bond acceptors (Lipinski definition) is 5. The highest BCUT2D eigenvalue weighted by molar-refractivity contribution is 5.90. The van der Waals surface area contributed by atoms with E-state index >= 15 is 0 Å². The van der Waals surface area contributed by atoms with Crippen LogP contribution < -0.4 is 10.1 Å². The van der Waals surface area contributed by atoms with Crippen molar-refractivity contribution in [3.05, 3.63) is 24.0 Å². The van der Waals surface area contributed by atoms with Crippen LogP contribution in [0.25, 0.3) is 0 Å². The predicted molar refractivity (Wildman–Crippen MR) is 85.8 cm³/mol. The molecular formula is C14H22Cl2N2O3. The van der Waals surface area contributed by atoms with E-state index in [1.54, 1.807) is 25.3 Å². The first-order valence-corrected chi connectivity index (χ1v) is 6.60. The summed E-state index contributed by atoms with van der Waals surface area (Å²) in [6.07, 6.45) is 2.64. The molecule has 0 radical (unpaired) electrons. The van der Waals surface area contributed by atoms with Crippen molar-refractivity contribution in [3.8, 4) is 5.75 Å². The lowest BCUT2D eigenvalue weighted by Crippen LogP contribution is -2.28. The molecule has 120 valence electrons. The van der Waals surface area contributed by atoms with Gasteiger partial charge in [0.25, 0.3) is 0 Å². The van der Waals surface area contributed by atoms with Gasteiger partial charge in [-0.25, -0.2) is 9.78 Å². The molecule has 1 aromatic rings. The van der Waals surface area contributed by atoms with E-state index in [0.29, 0.717) is 19.0 Å². The van der Waals surface area contributed by atoms with E-state index < -0.39 is 5.97 Å². The van der Waals surface area contributed by atoms with Crippen molar-refractivity contribution in [1.29, 1.82) is 0 Å². The molecular weight excluding hydrogens is 315 g/mol. The summed E-state index contributed by atoms with van der Waals surface area (Å²) in [5.41, 5.74) is 0.362. The van der Waals surface area contributed by atoms with E-state index in [-0.39, 0.29) is 35.9 Å². The van der Waals surface area contributed by atoms with Gasteiger partial charge in [-0.2, -0.15) is 0 Å². The second kappa shape index (κ2) is 9.07. The minimum Gasteiger partial charge on any atom is -0.490 e. The van der Waals surface area contributed by atoms with E-state index in [0.717, 1.165) is 19.5 Å². The Kier molecular flexibility index (Phi) is 8.63. The number of carbonyl (C=O) groups excluding carboxylic acids is 1. The topological polar surface area (TPSA) is 60.5 Å². The van der Waals surface area contributed by atoms with Crippen LogP contribution in [0.3, 0.4) is 0 Å². The highest BCUT2D eigenvalue weighted by Crippen LogP contribution is 2.26. The number of pyridine rings is 1. The van der Waals surface area contributed by atoms with Gasteiger partial charge in [0.05, 0.1) is 13.2 Å². The fourth-order valence-electron chi connectivity index (χ4n) is 2.10. The largest absolute Gasteiger partial charge is 0.490 e. The molecule has 1 unspecified atom stereocenters. The third-order valence-corrected chi connectivity index (χ3v) is 3.27. The highest BCUT2D eigenvalue weighted by atomic mass is 35.5. The molecule has 1 aliphatic heterocycles. The van der Waals surface area contributed by atoms with Crippen molar-refractivity contribution in [3.63, 3.8) is 0 Å². The Morgan fingerprint density at radius 3 is 2.86 bits per heavy atom. The standard InChI is InChI=1S/C14H20N2O3.2ClH/c1-3-18-13(17)12-11(5-4-7-16-12)19-10-14(2)6-8-15-9-14;;/h4-5,7,15H,3,6,8-10H2,1-2H3;2*1H. The molecule has 1 aromatic heterocycles. The first-order chi connectivity index (χ1) is 9.14. The van der Waals surface area contributed by atoms with E-state index in [1.807, 2.05) is 0 Å². The van der Waals surface area contributed by atoms with Gasteiger partial charge < -0.3 is 14.8 Å². The molecule has 1 saturated heterocycles. The number of nitrogens with zero attached hydrogens (tertiary/aromatic N) is 1. The molecule has 2 rings (SSSR count). The molecule has 0 spiro atoms.